The van der Waals surface area contributed by atoms with E-state index in [2.05, 4.69) is 20.6 Å². The van der Waals surface area contributed by atoms with E-state index in [0.717, 1.165) is 37.7 Å². The number of sulfone groups is 1. The summed E-state index contributed by atoms with van der Waals surface area (Å²) in [6, 6.07) is 12.3. The third kappa shape index (κ3) is 5.94. The lowest BCUT2D eigenvalue weighted by Gasteiger charge is -2.37. The van der Waals surface area contributed by atoms with E-state index < -0.39 is 38.0 Å². The first-order valence-electron chi connectivity index (χ1n) is 11.8. The Labute approximate surface area is 217 Å². The number of carbonyl (C=O) groups excluding carboxylic acids is 1. The average Bonchev–Trinajstić information content (AvgIpc) is 2.88. The van der Waals surface area contributed by atoms with Crippen molar-refractivity contribution in [1.82, 2.24) is 15.3 Å². The zero-order valence-corrected chi connectivity index (χ0v) is 21.2. The Balaban J connectivity index is 1.54. The largest absolute Gasteiger partial charge is 0.417 e. The molecule has 198 valence electrons. The van der Waals surface area contributed by atoms with Crippen molar-refractivity contribution in [1.29, 1.82) is 5.26 Å². The number of hydrogen-bond donors (Lipinski definition) is 2. The molecule has 12 heteroatoms. The van der Waals surface area contributed by atoms with Gasteiger partial charge in [-0.15, -0.1) is 0 Å². The van der Waals surface area contributed by atoms with Gasteiger partial charge in [0.25, 0.3) is 0 Å². The van der Waals surface area contributed by atoms with Gasteiger partial charge in [-0.1, -0.05) is 37.5 Å². The van der Waals surface area contributed by atoms with Gasteiger partial charge in [-0.3, -0.25) is 0 Å². The second-order valence-corrected chi connectivity index (χ2v) is 11.1. The van der Waals surface area contributed by atoms with Crippen molar-refractivity contribution in [3.05, 3.63) is 71.8 Å². The number of nitrogens with zero attached hydrogens (tertiary/aromatic N) is 3. The Morgan fingerprint density at radius 3 is 2.29 bits per heavy atom. The fourth-order valence-electron chi connectivity index (χ4n) is 4.66. The van der Waals surface area contributed by atoms with E-state index in [1.54, 1.807) is 18.2 Å². The topological polar surface area (TPSA) is 125 Å². The number of amides is 2. The molecule has 0 atom stereocenters. The number of benzene rings is 2. The number of hydrogen-bond acceptors (Lipinski definition) is 6. The quantitative estimate of drug-likeness (QED) is 0.443. The second kappa shape index (κ2) is 10.4. The average molecular weight is 544 g/mol. The molecule has 0 radical (unpaired) electrons. The smallest absolute Gasteiger partial charge is 0.327 e. The maximum absolute atomic E-state index is 13.5. The first kappa shape index (κ1) is 27.1. The van der Waals surface area contributed by atoms with E-state index in [-0.39, 0.29) is 11.4 Å². The number of nitriles is 1. The number of halogens is 3. The predicted octanol–water partition coefficient (Wildman–Crippen LogP) is 5.42. The highest BCUT2D eigenvalue weighted by molar-refractivity contribution is 7.90. The number of aromatic nitrogens is 2. The Hall–Kier alpha value is -3.98. The number of alkyl halides is 3. The summed E-state index contributed by atoms with van der Waals surface area (Å²) in [6.45, 7) is 0. The lowest BCUT2D eigenvalue weighted by molar-refractivity contribution is -0.139. The molecule has 2 aromatic carbocycles. The van der Waals surface area contributed by atoms with Gasteiger partial charge in [0.2, 0.25) is 5.82 Å². The first-order chi connectivity index (χ1) is 17.9. The Morgan fingerprint density at radius 2 is 1.68 bits per heavy atom. The number of nitrogens with one attached hydrogen (secondary N) is 2. The number of carbonyl (C=O) groups is 1. The van der Waals surface area contributed by atoms with Gasteiger partial charge in [0.05, 0.1) is 21.7 Å². The van der Waals surface area contributed by atoms with Gasteiger partial charge >= 0.3 is 12.2 Å². The predicted molar refractivity (Wildman–Crippen MR) is 134 cm³/mol. The summed E-state index contributed by atoms with van der Waals surface area (Å²) in [5.74, 6) is 0.0171. The number of anilines is 1. The summed E-state index contributed by atoms with van der Waals surface area (Å²) >= 11 is 0. The highest BCUT2D eigenvalue weighted by Gasteiger charge is 2.38. The zero-order valence-electron chi connectivity index (χ0n) is 20.3. The minimum atomic E-state index is -4.85. The second-order valence-electron chi connectivity index (χ2n) is 9.16. The molecule has 2 N–H and O–H groups in total. The third-order valence-electron chi connectivity index (χ3n) is 6.47. The number of rotatable bonds is 5. The van der Waals surface area contributed by atoms with Crippen LogP contribution in [0.3, 0.4) is 0 Å². The van der Waals surface area contributed by atoms with Crippen LogP contribution in [0.1, 0.15) is 49.2 Å². The molecule has 0 aliphatic heterocycles. The molecule has 38 heavy (non-hydrogen) atoms. The van der Waals surface area contributed by atoms with E-state index >= 15 is 0 Å². The van der Waals surface area contributed by atoms with Crippen LogP contribution >= 0.6 is 0 Å². The van der Waals surface area contributed by atoms with E-state index in [0.29, 0.717) is 29.8 Å². The lowest BCUT2D eigenvalue weighted by atomic mass is 9.79. The van der Waals surface area contributed by atoms with Gasteiger partial charge in [-0.05, 0) is 54.3 Å². The van der Waals surface area contributed by atoms with Crippen LogP contribution in [0.2, 0.25) is 0 Å². The zero-order chi connectivity index (χ0) is 27.6. The van der Waals surface area contributed by atoms with E-state index in [1.807, 2.05) is 6.07 Å². The Bertz CT molecular complexity index is 1490. The van der Waals surface area contributed by atoms with E-state index in [4.69, 9.17) is 0 Å². The molecule has 1 heterocycles. The van der Waals surface area contributed by atoms with Gasteiger partial charge in [0.1, 0.15) is 6.07 Å². The van der Waals surface area contributed by atoms with Crippen molar-refractivity contribution in [2.45, 2.75) is 48.7 Å². The fraction of sp³-hybridized carbons (Fsp3) is 0.308. The van der Waals surface area contributed by atoms with Crippen LogP contribution in [0.4, 0.5) is 23.7 Å². The molecule has 0 saturated heterocycles. The van der Waals surface area contributed by atoms with Crippen molar-refractivity contribution in [3.8, 4) is 17.2 Å². The summed E-state index contributed by atoms with van der Waals surface area (Å²) in [4.78, 5) is 20.4. The van der Waals surface area contributed by atoms with Crippen molar-refractivity contribution < 1.29 is 26.4 Å². The molecule has 2 amide bonds. The summed E-state index contributed by atoms with van der Waals surface area (Å²) < 4.78 is 64.2. The maximum Gasteiger partial charge on any atom is 0.417 e. The molecule has 1 saturated carbocycles. The van der Waals surface area contributed by atoms with Gasteiger partial charge in [0, 0.05) is 18.1 Å². The molecule has 4 rings (SSSR count). The van der Waals surface area contributed by atoms with Crippen LogP contribution in [0.15, 0.2) is 59.6 Å². The summed E-state index contributed by atoms with van der Waals surface area (Å²) in [6.07, 6.45) is 1.43. The number of urea groups is 1. The van der Waals surface area contributed by atoms with Crippen LogP contribution in [0.25, 0.3) is 11.1 Å². The molecule has 3 aromatic rings. The highest BCUT2D eigenvalue weighted by atomic mass is 32.2. The minimum Gasteiger partial charge on any atom is -0.327 e. The van der Waals surface area contributed by atoms with Crippen molar-refractivity contribution in [2.75, 3.05) is 11.6 Å². The van der Waals surface area contributed by atoms with Gasteiger partial charge < -0.3 is 10.6 Å². The van der Waals surface area contributed by atoms with Gasteiger partial charge in [-0.2, -0.15) is 18.4 Å². The van der Waals surface area contributed by atoms with Crippen LogP contribution in [0.5, 0.6) is 0 Å². The molecule has 1 aliphatic carbocycles. The SMILES string of the molecule is CS(=O)(=O)c1ccc(-c2ccc(NC(=O)NC3(c4ccnc(C#N)n4)CCCCC3)cc2)cc1C(F)(F)F. The molecule has 1 aromatic heterocycles. The van der Waals surface area contributed by atoms with Gasteiger partial charge in [-0.25, -0.2) is 23.2 Å². The normalized spacial score (nSPS) is 15.3. The summed E-state index contributed by atoms with van der Waals surface area (Å²) in [7, 11) is -4.08. The molecular formula is C26H24F3N5O3S. The Morgan fingerprint density at radius 1 is 1.03 bits per heavy atom. The standard InChI is InChI=1S/C26H24F3N5O3S/c1-38(36,37)21-10-7-18(15-20(21)26(27,28)29)17-5-8-19(9-6-17)32-24(35)34-25(12-3-2-4-13-25)22-11-14-31-23(16-30)33-22/h5-11,14-15H,2-4,12-13H2,1H3,(H2,32,34,35). The van der Waals surface area contributed by atoms with Crippen LogP contribution < -0.4 is 10.6 Å². The highest BCUT2D eigenvalue weighted by Crippen LogP contribution is 2.38. The Kier molecular flexibility index (Phi) is 7.42. The first-order valence-corrected chi connectivity index (χ1v) is 13.6. The lowest BCUT2D eigenvalue weighted by Crippen LogP contribution is -2.49. The minimum absolute atomic E-state index is 0.0171. The van der Waals surface area contributed by atoms with Crippen LogP contribution in [-0.2, 0) is 21.6 Å². The van der Waals surface area contributed by atoms with E-state index in [9.17, 15) is 31.6 Å². The van der Waals surface area contributed by atoms with Gasteiger partial charge in [0.15, 0.2) is 9.84 Å². The molecule has 0 bridgehead atoms. The fourth-order valence-corrected chi connectivity index (χ4v) is 5.55. The molecule has 0 unspecified atom stereocenters. The molecule has 0 spiro atoms. The maximum atomic E-state index is 13.5. The summed E-state index contributed by atoms with van der Waals surface area (Å²) in [5.41, 5.74) is -0.435. The van der Waals surface area contributed by atoms with Crippen LogP contribution in [-0.4, -0.2) is 30.7 Å². The van der Waals surface area contributed by atoms with Crippen LogP contribution in [0, 0.1) is 11.3 Å². The molecule has 8 nitrogen and oxygen atoms in total. The summed E-state index contributed by atoms with van der Waals surface area (Å²) in [5, 5.41) is 14.9. The molecular weight excluding hydrogens is 519 g/mol. The monoisotopic (exact) mass is 543 g/mol. The third-order valence-corrected chi connectivity index (χ3v) is 7.62. The molecule has 1 aliphatic rings. The van der Waals surface area contributed by atoms with E-state index in [1.165, 1.54) is 24.4 Å². The molecule has 1 fully saturated rings. The van der Waals surface area contributed by atoms with Crippen molar-refractivity contribution >= 4 is 21.6 Å². The van der Waals surface area contributed by atoms with Crippen molar-refractivity contribution in [3.63, 3.8) is 0 Å². The van der Waals surface area contributed by atoms with Crippen molar-refractivity contribution in [2.24, 2.45) is 0 Å².